The largest absolute Gasteiger partial charge is 0.484 e. The minimum absolute atomic E-state index is 0.167. The normalized spacial score (nSPS) is 11.1. The third-order valence-corrected chi connectivity index (χ3v) is 5.17. The van der Waals surface area contributed by atoms with Gasteiger partial charge >= 0.3 is 5.88 Å². The second kappa shape index (κ2) is 9.50. The molecule has 2 heterocycles. The maximum Gasteiger partial charge on any atom is 0.433 e. The molecule has 0 bridgehead atoms. The van der Waals surface area contributed by atoms with Crippen molar-refractivity contribution >= 4 is 35.3 Å². The van der Waals surface area contributed by atoms with Crippen molar-refractivity contribution in [1.82, 2.24) is 14.8 Å². The van der Waals surface area contributed by atoms with E-state index in [0.717, 1.165) is 5.69 Å². The van der Waals surface area contributed by atoms with E-state index in [0.29, 0.717) is 27.5 Å². The van der Waals surface area contributed by atoms with E-state index < -0.39 is 4.92 Å². The van der Waals surface area contributed by atoms with E-state index in [1.165, 1.54) is 23.9 Å². The molecule has 2 aromatic carbocycles. The quantitative estimate of drug-likeness (QED) is 0.189. The number of benzene rings is 2. The molecule has 156 valence electrons. The zero-order valence-electron chi connectivity index (χ0n) is 15.9. The maximum atomic E-state index is 10.7. The van der Waals surface area contributed by atoms with Crippen molar-refractivity contribution in [2.75, 3.05) is 0 Å². The van der Waals surface area contributed by atoms with Crippen LogP contribution in [0.1, 0.15) is 11.6 Å². The molecule has 0 saturated heterocycles. The molecule has 10 heteroatoms. The first-order chi connectivity index (χ1) is 15.1. The average molecular weight is 455 g/mol. The SMILES string of the molecule is O=[N+]([O-])c1ccc(/C=C/Sc2nnc(COc3ccccc3Cl)n2-c2ccccc2)o1. The number of para-hydroxylation sites is 2. The van der Waals surface area contributed by atoms with E-state index in [-0.39, 0.29) is 12.5 Å². The number of thioether (sulfide) groups is 1. The minimum Gasteiger partial charge on any atom is -0.484 e. The molecule has 0 unspecified atom stereocenters. The molecule has 4 aromatic rings. The average Bonchev–Trinajstić information content (AvgIpc) is 3.41. The molecule has 8 nitrogen and oxygen atoms in total. The van der Waals surface area contributed by atoms with Crippen LogP contribution in [0.5, 0.6) is 5.75 Å². The molecular weight excluding hydrogens is 440 g/mol. The van der Waals surface area contributed by atoms with Gasteiger partial charge in [0.25, 0.3) is 0 Å². The predicted molar refractivity (Wildman–Crippen MR) is 117 cm³/mol. The van der Waals surface area contributed by atoms with Crippen molar-refractivity contribution in [1.29, 1.82) is 0 Å². The van der Waals surface area contributed by atoms with Gasteiger partial charge in [0.2, 0.25) is 0 Å². The number of halogens is 1. The van der Waals surface area contributed by atoms with Gasteiger partial charge in [-0.2, -0.15) is 0 Å². The fourth-order valence-corrected chi connectivity index (χ4v) is 3.62. The number of nitrogens with zero attached hydrogens (tertiary/aromatic N) is 4. The third kappa shape index (κ3) is 4.96. The highest BCUT2D eigenvalue weighted by atomic mass is 35.5. The topological polar surface area (TPSA) is 96.2 Å². The third-order valence-electron chi connectivity index (χ3n) is 4.11. The number of furan rings is 1. The molecule has 0 N–H and O–H groups in total. The van der Waals surface area contributed by atoms with Gasteiger partial charge in [0, 0.05) is 5.69 Å². The van der Waals surface area contributed by atoms with Crippen LogP contribution in [0, 0.1) is 10.1 Å². The molecular formula is C21H15ClN4O4S. The summed E-state index contributed by atoms with van der Waals surface area (Å²) in [5.74, 6) is 1.21. The molecule has 0 aliphatic heterocycles. The van der Waals surface area contributed by atoms with E-state index in [4.69, 9.17) is 20.8 Å². The van der Waals surface area contributed by atoms with Crippen LogP contribution in [-0.2, 0) is 6.61 Å². The fourth-order valence-electron chi connectivity index (χ4n) is 2.70. The summed E-state index contributed by atoms with van der Waals surface area (Å²) in [7, 11) is 0. The smallest absolute Gasteiger partial charge is 0.433 e. The van der Waals surface area contributed by atoms with Crippen LogP contribution >= 0.6 is 23.4 Å². The Kier molecular flexibility index (Phi) is 6.34. The van der Waals surface area contributed by atoms with E-state index in [2.05, 4.69) is 10.2 Å². The Bertz CT molecular complexity index is 1220. The molecule has 0 radical (unpaired) electrons. The van der Waals surface area contributed by atoms with E-state index >= 15 is 0 Å². The standard InChI is InChI=1S/C21H15ClN4O4S/c22-17-8-4-5-9-18(17)29-14-19-23-24-21(25(19)15-6-2-1-3-7-15)31-13-12-16-10-11-20(30-16)26(27)28/h1-13H,14H2/b13-12+. The van der Waals surface area contributed by atoms with Gasteiger partial charge in [-0.15, -0.1) is 10.2 Å². The predicted octanol–water partition coefficient (Wildman–Crippen LogP) is 5.76. The Morgan fingerprint density at radius 3 is 2.61 bits per heavy atom. The van der Waals surface area contributed by atoms with E-state index in [9.17, 15) is 10.1 Å². The van der Waals surface area contributed by atoms with Crippen molar-refractivity contribution in [3.05, 3.63) is 98.9 Å². The number of aromatic nitrogens is 3. The molecule has 0 atom stereocenters. The Labute approximate surface area is 186 Å². The highest BCUT2D eigenvalue weighted by Crippen LogP contribution is 2.27. The summed E-state index contributed by atoms with van der Waals surface area (Å²) in [6.07, 6.45) is 1.63. The van der Waals surface area contributed by atoms with Gasteiger partial charge < -0.3 is 9.15 Å². The van der Waals surface area contributed by atoms with E-state index in [1.807, 2.05) is 47.0 Å². The van der Waals surface area contributed by atoms with Crippen LogP contribution in [0.3, 0.4) is 0 Å². The van der Waals surface area contributed by atoms with Gasteiger partial charge in [0.15, 0.2) is 11.0 Å². The van der Waals surface area contributed by atoms with Crippen molar-refractivity contribution in [2.45, 2.75) is 11.8 Å². The molecule has 31 heavy (non-hydrogen) atoms. The Morgan fingerprint density at radius 2 is 1.87 bits per heavy atom. The summed E-state index contributed by atoms with van der Waals surface area (Å²) in [6.45, 7) is 0.167. The summed E-state index contributed by atoms with van der Waals surface area (Å²) < 4.78 is 12.8. The van der Waals surface area contributed by atoms with Crippen molar-refractivity contribution in [3.63, 3.8) is 0 Å². The Balaban J connectivity index is 1.56. The molecule has 2 aromatic heterocycles. The lowest BCUT2D eigenvalue weighted by Crippen LogP contribution is -2.06. The van der Waals surface area contributed by atoms with Crippen LogP contribution in [0.2, 0.25) is 5.02 Å². The Hall–Kier alpha value is -3.56. The second-order valence-corrected chi connectivity index (χ2v) is 7.42. The molecule has 4 rings (SSSR count). The van der Waals surface area contributed by atoms with Crippen molar-refractivity contribution in [2.24, 2.45) is 0 Å². The van der Waals surface area contributed by atoms with Crippen LogP contribution in [-0.4, -0.2) is 19.7 Å². The molecule has 0 saturated carbocycles. The first-order valence-electron chi connectivity index (χ1n) is 9.06. The highest BCUT2D eigenvalue weighted by Gasteiger charge is 2.15. The first-order valence-corrected chi connectivity index (χ1v) is 10.3. The fraction of sp³-hybridized carbons (Fsp3) is 0.0476. The lowest BCUT2D eigenvalue weighted by atomic mass is 10.3. The summed E-state index contributed by atoms with van der Waals surface area (Å²) in [4.78, 5) is 10.2. The zero-order valence-corrected chi connectivity index (χ0v) is 17.5. The van der Waals surface area contributed by atoms with Crippen LogP contribution in [0.4, 0.5) is 5.88 Å². The minimum atomic E-state index is -0.582. The van der Waals surface area contributed by atoms with E-state index in [1.54, 1.807) is 23.6 Å². The summed E-state index contributed by atoms with van der Waals surface area (Å²) in [6, 6.07) is 19.7. The number of hydrogen-bond acceptors (Lipinski definition) is 7. The summed E-state index contributed by atoms with van der Waals surface area (Å²) in [5, 5.41) is 22.1. The molecule has 0 amide bonds. The lowest BCUT2D eigenvalue weighted by molar-refractivity contribution is -0.402. The van der Waals surface area contributed by atoms with Gasteiger partial charge in [0.05, 0.1) is 11.1 Å². The van der Waals surface area contributed by atoms with Gasteiger partial charge in [-0.3, -0.25) is 14.7 Å². The molecule has 0 aliphatic carbocycles. The summed E-state index contributed by atoms with van der Waals surface area (Å²) in [5.41, 5.74) is 0.870. The number of nitro groups is 1. The number of ether oxygens (including phenoxy) is 1. The second-order valence-electron chi connectivity index (χ2n) is 6.14. The maximum absolute atomic E-state index is 10.7. The molecule has 0 aliphatic rings. The van der Waals surface area contributed by atoms with Crippen LogP contribution in [0.15, 0.2) is 81.7 Å². The molecule has 0 spiro atoms. The Morgan fingerprint density at radius 1 is 1.10 bits per heavy atom. The number of hydrogen-bond donors (Lipinski definition) is 0. The summed E-state index contributed by atoms with van der Waals surface area (Å²) >= 11 is 7.47. The zero-order chi connectivity index (χ0) is 21.6. The number of rotatable bonds is 8. The monoisotopic (exact) mass is 454 g/mol. The first kappa shape index (κ1) is 20.7. The highest BCUT2D eigenvalue weighted by molar-refractivity contribution is 8.02. The van der Waals surface area contributed by atoms with Crippen molar-refractivity contribution < 1.29 is 14.1 Å². The van der Waals surface area contributed by atoms with Crippen LogP contribution < -0.4 is 4.74 Å². The van der Waals surface area contributed by atoms with Crippen molar-refractivity contribution in [3.8, 4) is 11.4 Å². The van der Waals surface area contributed by atoms with Gasteiger partial charge in [0.1, 0.15) is 23.0 Å². The molecule has 0 fully saturated rings. The van der Waals surface area contributed by atoms with Gasteiger partial charge in [-0.05, 0) is 41.8 Å². The van der Waals surface area contributed by atoms with Crippen LogP contribution in [0.25, 0.3) is 11.8 Å². The van der Waals surface area contributed by atoms with Gasteiger partial charge in [-0.1, -0.05) is 53.7 Å². The van der Waals surface area contributed by atoms with Gasteiger partial charge in [-0.25, -0.2) is 0 Å². The lowest BCUT2D eigenvalue weighted by Gasteiger charge is -2.11.